The number of aliphatic hydroxyl groups excluding tert-OH is 1. The Morgan fingerprint density at radius 2 is 1.95 bits per heavy atom. The number of anilines is 1. The van der Waals surface area contributed by atoms with Gasteiger partial charge in [-0.3, -0.25) is 9.40 Å². The number of aromatic carboxylic acids is 1. The molecule has 1 heterocycles. The van der Waals surface area contributed by atoms with Crippen molar-refractivity contribution in [3.8, 4) is 0 Å². The van der Waals surface area contributed by atoms with Crippen LogP contribution in [0, 0.1) is 0 Å². The van der Waals surface area contributed by atoms with Crippen molar-refractivity contribution in [2.75, 3.05) is 17.5 Å². The van der Waals surface area contributed by atoms with Crippen LogP contribution in [0.5, 0.6) is 0 Å². The summed E-state index contributed by atoms with van der Waals surface area (Å²) < 4.78 is 25.9. The standard InChI is InChI=1S/C12H13N3O5S/c16-6-5-15(21(19,20)11-7-13-14-8-11)10-3-1-9(2-4-10)12(17)18/h1-4,7-8,16H,5-6H2,(H,13,14)(H,17,18). The second-order valence-corrected chi connectivity index (χ2v) is 5.95. The molecule has 0 unspecified atom stereocenters. The monoisotopic (exact) mass is 311 g/mol. The Morgan fingerprint density at radius 3 is 2.43 bits per heavy atom. The third-order valence-corrected chi connectivity index (χ3v) is 4.56. The van der Waals surface area contributed by atoms with Crippen LogP contribution in [0.2, 0.25) is 0 Å². The predicted octanol–water partition coefficient (Wildman–Crippen LogP) is 0.295. The van der Waals surface area contributed by atoms with Gasteiger partial charge in [0.05, 0.1) is 30.6 Å². The third-order valence-electron chi connectivity index (χ3n) is 2.77. The van der Waals surface area contributed by atoms with Gasteiger partial charge in [-0.15, -0.1) is 0 Å². The number of carboxylic acids is 1. The average molecular weight is 311 g/mol. The van der Waals surface area contributed by atoms with Gasteiger partial charge < -0.3 is 10.2 Å². The molecule has 0 saturated carbocycles. The van der Waals surface area contributed by atoms with Gasteiger partial charge in [-0.1, -0.05) is 0 Å². The van der Waals surface area contributed by atoms with Gasteiger partial charge in [-0.05, 0) is 24.3 Å². The van der Waals surface area contributed by atoms with Crippen LogP contribution in [0.3, 0.4) is 0 Å². The van der Waals surface area contributed by atoms with E-state index in [-0.39, 0.29) is 29.3 Å². The molecule has 1 aromatic heterocycles. The topological polar surface area (TPSA) is 124 Å². The van der Waals surface area contributed by atoms with E-state index < -0.39 is 16.0 Å². The van der Waals surface area contributed by atoms with Gasteiger partial charge in [0.15, 0.2) is 0 Å². The molecule has 0 fully saturated rings. The van der Waals surface area contributed by atoms with E-state index in [1.165, 1.54) is 30.5 Å². The number of H-pyrrole nitrogens is 1. The van der Waals surface area contributed by atoms with Crippen LogP contribution in [-0.2, 0) is 10.0 Å². The molecule has 0 atom stereocenters. The fraction of sp³-hybridized carbons (Fsp3) is 0.167. The lowest BCUT2D eigenvalue weighted by Gasteiger charge is -2.22. The van der Waals surface area contributed by atoms with E-state index in [4.69, 9.17) is 10.2 Å². The van der Waals surface area contributed by atoms with Crippen molar-refractivity contribution in [1.82, 2.24) is 10.2 Å². The van der Waals surface area contributed by atoms with Crippen molar-refractivity contribution in [1.29, 1.82) is 0 Å². The van der Waals surface area contributed by atoms with Crippen LogP contribution in [-0.4, -0.2) is 47.9 Å². The van der Waals surface area contributed by atoms with Crippen LogP contribution >= 0.6 is 0 Å². The predicted molar refractivity (Wildman–Crippen MR) is 73.6 cm³/mol. The molecule has 3 N–H and O–H groups in total. The zero-order chi connectivity index (χ0) is 15.5. The number of aliphatic hydroxyl groups is 1. The number of sulfonamides is 1. The molecule has 0 aliphatic heterocycles. The Labute approximate surface area is 120 Å². The molecule has 1 aromatic carbocycles. The number of nitrogens with one attached hydrogen (secondary N) is 1. The number of aromatic nitrogens is 2. The summed E-state index contributed by atoms with van der Waals surface area (Å²) >= 11 is 0. The maximum atomic E-state index is 12.4. The molecule has 0 aliphatic carbocycles. The van der Waals surface area contributed by atoms with Gasteiger partial charge in [0.2, 0.25) is 0 Å². The molecular formula is C12H13N3O5S. The SMILES string of the molecule is O=C(O)c1ccc(N(CCO)S(=O)(=O)c2cn[nH]c2)cc1. The maximum absolute atomic E-state index is 12.4. The summed E-state index contributed by atoms with van der Waals surface area (Å²) in [4.78, 5) is 10.8. The molecule has 2 aromatic rings. The van der Waals surface area contributed by atoms with Crippen molar-refractivity contribution in [3.63, 3.8) is 0 Å². The molecule has 2 rings (SSSR count). The largest absolute Gasteiger partial charge is 0.478 e. The Hall–Kier alpha value is -2.39. The number of aromatic amines is 1. The van der Waals surface area contributed by atoms with Crippen molar-refractivity contribution < 1.29 is 23.4 Å². The lowest BCUT2D eigenvalue weighted by atomic mass is 10.2. The highest BCUT2D eigenvalue weighted by Gasteiger charge is 2.25. The molecule has 0 spiro atoms. The minimum absolute atomic E-state index is 0.0433. The zero-order valence-electron chi connectivity index (χ0n) is 10.8. The van der Waals surface area contributed by atoms with Crippen molar-refractivity contribution in [2.24, 2.45) is 0 Å². The summed E-state index contributed by atoms with van der Waals surface area (Å²) in [5, 5.41) is 23.9. The van der Waals surface area contributed by atoms with Crippen LogP contribution in [0.25, 0.3) is 0 Å². The molecule has 8 nitrogen and oxygen atoms in total. The van der Waals surface area contributed by atoms with E-state index in [0.29, 0.717) is 0 Å². The van der Waals surface area contributed by atoms with Gasteiger partial charge in [-0.25, -0.2) is 13.2 Å². The highest BCUT2D eigenvalue weighted by Crippen LogP contribution is 2.23. The molecule has 0 radical (unpaired) electrons. The van der Waals surface area contributed by atoms with Crippen molar-refractivity contribution in [3.05, 3.63) is 42.2 Å². The summed E-state index contributed by atoms with van der Waals surface area (Å²) in [6.45, 7) is -0.530. The third kappa shape index (κ3) is 3.03. The van der Waals surface area contributed by atoms with Gasteiger partial charge >= 0.3 is 5.97 Å². The number of benzene rings is 1. The van der Waals surface area contributed by atoms with E-state index in [1.54, 1.807) is 0 Å². The minimum atomic E-state index is -3.87. The van der Waals surface area contributed by atoms with E-state index in [2.05, 4.69) is 10.2 Å². The van der Waals surface area contributed by atoms with Crippen LogP contribution in [0.4, 0.5) is 5.69 Å². The summed E-state index contributed by atoms with van der Waals surface area (Å²) in [5.74, 6) is -1.10. The first-order valence-electron chi connectivity index (χ1n) is 5.92. The first-order chi connectivity index (χ1) is 9.96. The lowest BCUT2D eigenvalue weighted by molar-refractivity contribution is 0.0697. The van der Waals surface area contributed by atoms with Gasteiger partial charge in [0, 0.05) is 6.20 Å². The molecule has 0 saturated heterocycles. The van der Waals surface area contributed by atoms with E-state index >= 15 is 0 Å². The van der Waals surface area contributed by atoms with E-state index in [0.717, 1.165) is 10.5 Å². The number of nitrogens with zero attached hydrogens (tertiary/aromatic N) is 2. The van der Waals surface area contributed by atoms with Gasteiger partial charge in [0.1, 0.15) is 4.90 Å². The Bertz CT molecular complexity index is 710. The van der Waals surface area contributed by atoms with E-state index in [9.17, 15) is 13.2 Å². The molecule has 0 bridgehead atoms. The molecule has 0 aliphatic rings. The van der Waals surface area contributed by atoms with Gasteiger partial charge in [-0.2, -0.15) is 5.10 Å². The molecule has 0 amide bonds. The van der Waals surface area contributed by atoms with Crippen LogP contribution in [0.15, 0.2) is 41.6 Å². The summed E-state index contributed by atoms with van der Waals surface area (Å²) in [6.07, 6.45) is 2.39. The van der Waals surface area contributed by atoms with Crippen molar-refractivity contribution in [2.45, 2.75) is 4.90 Å². The van der Waals surface area contributed by atoms with Crippen LogP contribution < -0.4 is 4.31 Å². The smallest absolute Gasteiger partial charge is 0.335 e. The number of hydrogen-bond acceptors (Lipinski definition) is 5. The van der Waals surface area contributed by atoms with E-state index in [1.807, 2.05) is 0 Å². The van der Waals surface area contributed by atoms with Crippen LogP contribution in [0.1, 0.15) is 10.4 Å². The molecular weight excluding hydrogens is 298 g/mol. The zero-order valence-corrected chi connectivity index (χ0v) is 11.6. The maximum Gasteiger partial charge on any atom is 0.335 e. The first-order valence-corrected chi connectivity index (χ1v) is 7.36. The Kier molecular flexibility index (Phi) is 4.24. The second-order valence-electron chi connectivity index (χ2n) is 4.09. The number of hydrogen-bond donors (Lipinski definition) is 3. The normalized spacial score (nSPS) is 11.3. The highest BCUT2D eigenvalue weighted by molar-refractivity contribution is 7.92. The fourth-order valence-corrected chi connectivity index (χ4v) is 3.12. The highest BCUT2D eigenvalue weighted by atomic mass is 32.2. The van der Waals surface area contributed by atoms with Gasteiger partial charge in [0.25, 0.3) is 10.0 Å². The number of carbonyl (C=O) groups is 1. The Balaban J connectivity index is 2.41. The Morgan fingerprint density at radius 1 is 1.29 bits per heavy atom. The van der Waals surface area contributed by atoms with Crippen molar-refractivity contribution >= 4 is 21.7 Å². The fourth-order valence-electron chi connectivity index (χ4n) is 1.76. The molecule has 21 heavy (non-hydrogen) atoms. The molecule has 112 valence electrons. The first kappa shape index (κ1) is 15.0. The molecule has 9 heteroatoms. The second kappa shape index (κ2) is 5.94. The quantitative estimate of drug-likeness (QED) is 0.704. The number of rotatable bonds is 6. The average Bonchev–Trinajstić information content (AvgIpc) is 2.99. The summed E-state index contributed by atoms with van der Waals surface area (Å²) in [5.41, 5.74) is 0.304. The number of carboxylic acid groups (broad SMARTS) is 1. The summed E-state index contributed by atoms with van der Waals surface area (Å²) in [7, 11) is -3.87. The minimum Gasteiger partial charge on any atom is -0.478 e. The summed E-state index contributed by atoms with van der Waals surface area (Å²) in [6, 6.07) is 5.34. The lowest BCUT2D eigenvalue weighted by Crippen LogP contribution is -2.33.